The Morgan fingerprint density at radius 2 is 1.48 bits per heavy atom. The molecule has 1 fully saturated rings. The van der Waals surface area contributed by atoms with Crippen molar-refractivity contribution < 1.29 is 5.11 Å². The molecule has 1 unspecified atom stereocenters. The minimum absolute atomic E-state index is 0.285. The molecule has 126 valence electrons. The molecule has 1 rings (SSSR count). The van der Waals surface area contributed by atoms with E-state index < -0.39 is 5.60 Å². The molecule has 0 amide bonds. The molecule has 21 heavy (non-hydrogen) atoms. The van der Waals surface area contributed by atoms with Gasteiger partial charge < -0.3 is 15.3 Å². The lowest BCUT2D eigenvalue weighted by atomic mass is 9.84. The zero-order valence-electron chi connectivity index (χ0n) is 15.1. The second-order valence-electron chi connectivity index (χ2n) is 8.03. The van der Waals surface area contributed by atoms with E-state index in [2.05, 4.69) is 42.8 Å². The minimum Gasteiger partial charge on any atom is -0.389 e. The largest absolute Gasteiger partial charge is 0.389 e. The summed E-state index contributed by atoms with van der Waals surface area (Å²) >= 11 is 0. The van der Waals surface area contributed by atoms with Crippen LogP contribution in [-0.4, -0.2) is 72.4 Å². The lowest BCUT2D eigenvalue weighted by molar-refractivity contribution is 0.0107. The topological polar surface area (TPSA) is 38.7 Å². The highest BCUT2D eigenvalue weighted by Crippen LogP contribution is 2.23. The highest BCUT2D eigenvalue weighted by Gasteiger charge is 2.30. The lowest BCUT2D eigenvalue weighted by Gasteiger charge is -2.42. The summed E-state index contributed by atoms with van der Waals surface area (Å²) in [5.74, 6) is 0. The monoisotopic (exact) mass is 299 g/mol. The van der Waals surface area contributed by atoms with Crippen molar-refractivity contribution in [1.29, 1.82) is 0 Å². The van der Waals surface area contributed by atoms with E-state index in [4.69, 9.17) is 0 Å². The van der Waals surface area contributed by atoms with E-state index in [1.165, 1.54) is 6.42 Å². The van der Waals surface area contributed by atoms with Gasteiger partial charge in [-0.15, -0.1) is 0 Å². The van der Waals surface area contributed by atoms with Crippen LogP contribution < -0.4 is 5.32 Å². The standard InChI is InChI=1S/C17H37N3O/c1-7-8-18-15(2)16(3,4)13-19-9-11-20(12-10-19)14-17(5,6)21/h15,18,21H,7-14H2,1-6H3. The number of nitrogens with one attached hydrogen (secondary N) is 1. The first-order valence-electron chi connectivity index (χ1n) is 8.54. The fourth-order valence-corrected chi connectivity index (χ4v) is 3.00. The van der Waals surface area contributed by atoms with Crippen molar-refractivity contribution in [3.63, 3.8) is 0 Å². The molecule has 1 atom stereocenters. The van der Waals surface area contributed by atoms with Crippen LogP contribution in [0.4, 0.5) is 0 Å². The normalized spacial score (nSPS) is 20.7. The third kappa shape index (κ3) is 7.09. The van der Waals surface area contributed by atoms with Crippen molar-refractivity contribution in [3.05, 3.63) is 0 Å². The maximum absolute atomic E-state index is 9.91. The number of rotatable bonds is 8. The molecular formula is C17H37N3O. The van der Waals surface area contributed by atoms with E-state index in [1.807, 2.05) is 13.8 Å². The lowest BCUT2D eigenvalue weighted by Crippen LogP contribution is -2.54. The first-order valence-corrected chi connectivity index (χ1v) is 8.54. The second-order valence-corrected chi connectivity index (χ2v) is 8.03. The van der Waals surface area contributed by atoms with Gasteiger partial charge in [0.05, 0.1) is 5.60 Å². The molecule has 0 aromatic rings. The van der Waals surface area contributed by atoms with Crippen molar-refractivity contribution in [2.75, 3.05) is 45.8 Å². The quantitative estimate of drug-likeness (QED) is 0.717. The number of hydrogen-bond acceptors (Lipinski definition) is 4. The molecule has 2 N–H and O–H groups in total. The van der Waals surface area contributed by atoms with Crippen LogP contribution in [0.3, 0.4) is 0 Å². The van der Waals surface area contributed by atoms with Crippen LogP contribution in [0.15, 0.2) is 0 Å². The van der Waals surface area contributed by atoms with Crippen molar-refractivity contribution in [3.8, 4) is 0 Å². The molecule has 1 heterocycles. The van der Waals surface area contributed by atoms with Gasteiger partial charge in [-0.05, 0) is 39.2 Å². The van der Waals surface area contributed by atoms with Crippen LogP contribution in [0.5, 0.6) is 0 Å². The fraction of sp³-hybridized carbons (Fsp3) is 1.00. The molecule has 1 aliphatic rings. The molecule has 0 spiro atoms. The summed E-state index contributed by atoms with van der Waals surface area (Å²) < 4.78 is 0. The summed E-state index contributed by atoms with van der Waals surface area (Å²) in [7, 11) is 0. The molecule has 1 saturated heterocycles. The van der Waals surface area contributed by atoms with Gasteiger partial charge in [0.15, 0.2) is 0 Å². The second kappa shape index (κ2) is 7.91. The molecule has 4 heteroatoms. The number of hydrogen-bond donors (Lipinski definition) is 2. The Hall–Kier alpha value is -0.160. The minimum atomic E-state index is -0.583. The first-order chi connectivity index (χ1) is 9.64. The van der Waals surface area contributed by atoms with E-state index in [0.717, 1.165) is 45.8 Å². The molecule has 0 bridgehead atoms. The fourth-order valence-electron chi connectivity index (χ4n) is 3.00. The van der Waals surface area contributed by atoms with Gasteiger partial charge in [-0.3, -0.25) is 4.90 Å². The van der Waals surface area contributed by atoms with E-state index in [9.17, 15) is 5.11 Å². The van der Waals surface area contributed by atoms with Crippen molar-refractivity contribution in [1.82, 2.24) is 15.1 Å². The van der Waals surface area contributed by atoms with E-state index in [-0.39, 0.29) is 5.41 Å². The summed E-state index contributed by atoms with van der Waals surface area (Å²) in [6, 6.07) is 0.534. The smallest absolute Gasteiger partial charge is 0.0718 e. The Bertz CT molecular complexity index is 291. The Morgan fingerprint density at radius 3 is 1.90 bits per heavy atom. The van der Waals surface area contributed by atoms with Crippen LogP contribution in [-0.2, 0) is 0 Å². The van der Waals surface area contributed by atoms with Crippen LogP contribution in [0.25, 0.3) is 0 Å². The third-order valence-electron chi connectivity index (χ3n) is 4.58. The summed E-state index contributed by atoms with van der Waals surface area (Å²) in [5, 5.41) is 13.5. The van der Waals surface area contributed by atoms with Crippen molar-refractivity contribution in [2.24, 2.45) is 5.41 Å². The number of nitrogens with zero attached hydrogens (tertiary/aromatic N) is 2. The van der Waals surface area contributed by atoms with Crippen molar-refractivity contribution >= 4 is 0 Å². The summed E-state index contributed by atoms with van der Waals surface area (Å²) in [5.41, 5.74) is -0.298. The predicted octanol–water partition coefficient (Wildman–Crippen LogP) is 1.79. The Labute approximate surface area is 131 Å². The van der Waals surface area contributed by atoms with Gasteiger partial charge in [0.1, 0.15) is 0 Å². The van der Waals surface area contributed by atoms with Gasteiger partial charge in [-0.2, -0.15) is 0 Å². The highest BCUT2D eigenvalue weighted by molar-refractivity contribution is 4.86. The zero-order valence-corrected chi connectivity index (χ0v) is 15.1. The molecule has 0 aliphatic carbocycles. The Kier molecular flexibility index (Phi) is 7.11. The SMILES string of the molecule is CCCNC(C)C(C)(C)CN1CCN(CC(C)(C)O)CC1. The molecule has 0 aromatic carbocycles. The van der Waals surface area contributed by atoms with Crippen LogP contribution in [0, 0.1) is 5.41 Å². The van der Waals surface area contributed by atoms with Crippen LogP contribution in [0.1, 0.15) is 48.0 Å². The number of β-amino-alcohol motifs (C(OH)–C–C–N with tert-alkyl or cyclic N) is 1. The molecule has 4 nitrogen and oxygen atoms in total. The van der Waals surface area contributed by atoms with Gasteiger partial charge in [-0.25, -0.2) is 0 Å². The van der Waals surface area contributed by atoms with Gasteiger partial charge in [0.25, 0.3) is 0 Å². The average Bonchev–Trinajstić information content (AvgIpc) is 2.36. The van der Waals surface area contributed by atoms with E-state index in [0.29, 0.717) is 6.04 Å². The maximum Gasteiger partial charge on any atom is 0.0718 e. The Morgan fingerprint density at radius 1 is 1.00 bits per heavy atom. The number of aliphatic hydroxyl groups is 1. The summed E-state index contributed by atoms with van der Waals surface area (Å²) in [4.78, 5) is 4.95. The third-order valence-corrected chi connectivity index (χ3v) is 4.58. The number of piperazine rings is 1. The van der Waals surface area contributed by atoms with Gasteiger partial charge >= 0.3 is 0 Å². The maximum atomic E-state index is 9.91. The molecule has 0 aromatic heterocycles. The molecular weight excluding hydrogens is 262 g/mol. The average molecular weight is 300 g/mol. The summed E-state index contributed by atoms with van der Waals surface area (Å²) in [6.07, 6.45) is 1.19. The van der Waals surface area contributed by atoms with E-state index >= 15 is 0 Å². The van der Waals surface area contributed by atoms with Gasteiger partial charge in [-0.1, -0.05) is 20.8 Å². The Balaban J connectivity index is 2.37. The molecule has 1 aliphatic heterocycles. The van der Waals surface area contributed by atoms with Crippen LogP contribution >= 0.6 is 0 Å². The van der Waals surface area contributed by atoms with Gasteiger partial charge in [0.2, 0.25) is 0 Å². The summed E-state index contributed by atoms with van der Waals surface area (Å²) in [6.45, 7) is 20.4. The van der Waals surface area contributed by atoms with Crippen molar-refractivity contribution in [2.45, 2.75) is 59.6 Å². The highest BCUT2D eigenvalue weighted by atomic mass is 16.3. The van der Waals surface area contributed by atoms with Crippen LogP contribution in [0.2, 0.25) is 0 Å². The molecule has 0 saturated carbocycles. The van der Waals surface area contributed by atoms with E-state index in [1.54, 1.807) is 0 Å². The predicted molar refractivity (Wildman–Crippen MR) is 90.7 cm³/mol. The molecule has 0 radical (unpaired) electrons. The first kappa shape index (κ1) is 18.9. The van der Waals surface area contributed by atoms with Gasteiger partial charge in [0, 0.05) is 45.3 Å². The zero-order chi connectivity index (χ0) is 16.1.